The van der Waals surface area contributed by atoms with Crippen LogP contribution < -0.4 is 0 Å². The molecule has 1 aromatic carbocycles. The predicted octanol–water partition coefficient (Wildman–Crippen LogP) is 3.31. The molecule has 0 heterocycles. The van der Waals surface area contributed by atoms with Gasteiger partial charge in [-0.2, -0.15) is 0 Å². The lowest BCUT2D eigenvalue weighted by Crippen LogP contribution is -1.75. The van der Waals surface area contributed by atoms with Crippen LogP contribution in [0.1, 0.15) is 5.56 Å². The number of aldehydes is 1. The van der Waals surface area contributed by atoms with E-state index in [1.807, 2.05) is 6.07 Å². The van der Waals surface area contributed by atoms with Gasteiger partial charge < -0.3 is 0 Å². The Morgan fingerprint density at radius 3 is 2.75 bits per heavy atom. The zero-order valence-electron chi connectivity index (χ0n) is 6.13. The van der Waals surface area contributed by atoms with Gasteiger partial charge in [0.1, 0.15) is 6.29 Å². The molecule has 0 fully saturated rings. The van der Waals surface area contributed by atoms with Gasteiger partial charge in [-0.3, -0.25) is 4.79 Å². The Bertz CT molecular complexity index is 320. The second-order valence-corrected chi connectivity index (χ2v) is 3.45. The van der Waals surface area contributed by atoms with Crippen molar-refractivity contribution in [2.45, 2.75) is 0 Å². The van der Waals surface area contributed by atoms with Crippen molar-refractivity contribution in [2.75, 3.05) is 0 Å². The number of carbonyl (C=O) groups excluding carboxylic acids is 1. The summed E-state index contributed by atoms with van der Waals surface area (Å²) >= 11 is 9.05. The lowest BCUT2D eigenvalue weighted by atomic mass is 10.2. The molecule has 0 saturated heterocycles. The van der Waals surface area contributed by atoms with Gasteiger partial charge in [-0.1, -0.05) is 39.7 Å². The highest BCUT2D eigenvalue weighted by molar-refractivity contribution is 9.10. The number of allylic oxidation sites excluding steroid dienone is 1. The molecule has 0 atom stereocenters. The molecule has 0 aliphatic heterocycles. The molecule has 0 aromatic heterocycles. The van der Waals surface area contributed by atoms with Gasteiger partial charge in [0.05, 0.1) is 0 Å². The van der Waals surface area contributed by atoms with Crippen molar-refractivity contribution in [3.63, 3.8) is 0 Å². The summed E-state index contributed by atoms with van der Waals surface area (Å²) in [5.74, 6) is 0. The quantitative estimate of drug-likeness (QED) is 0.577. The number of hydrogen-bond donors (Lipinski definition) is 0. The maximum Gasteiger partial charge on any atom is 0.142 e. The van der Waals surface area contributed by atoms with E-state index < -0.39 is 0 Å². The van der Waals surface area contributed by atoms with Gasteiger partial charge in [0.2, 0.25) is 0 Å². The minimum Gasteiger partial charge on any atom is -0.299 e. The molecule has 12 heavy (non-hydrogen) atoms. The van der Waals surface area contributed by atoms with E-state index in [1.54, 1.807) is 18.2 Å². The largest absolute Gasteiger partial charge is 0.299 e. The van der Waals surface area contributed by atoms with Gasteiger partial charge in [-0.15, -0.1) is 0 Å². The summed E-state index contributed by atoms with van der Waals surface area (Å²) in [5.41, 5.74) is 0.937. The molecule has 0 spiro atoms. The SMILES string of the molecule is O=C/C=C/c1ccc(Cl)cc1Br. The van der Waals surface area contributed by atoms with Crippen LogP contribution in [0.15, 0.2) is 28.7 Å². The number of benzene rings is 1. The van der Waals surface area contributed by atoms with Gasteiger partial charge in [-0.05, 0) is 23.8 Å². The lowest BCUT2D eigenvalue weighted by molar-refractivity contribution is -0.104. The van der Waals surface area contributed by atoms with E-state index >= 15 is 0 Å². The van der Waals surface area contributed by atoms with E-state index in [1.165, 1.54) is 6.08 Å². The van der Waals surface area contributed by atoms with Crippen molar-refractivity contribution in [2.24, 2.45) is 0 Å². The molecular weight excluding hydrogens is 239 g/mol. The maximum absolute atomic E-state index is 10.0. The summed E-state index contributed by atoms with van der Waals surface area (Å²) < 4.78 is 0.883. The Labute approximate surface area is 84.2 Å². The Morgan fingerprint density at radius 1 is 1.42 bits per heavy atom. The predicted molar refractivity (Wildman–Crippen MR) is 54.3 cm³/mol. The molecule has 0 unspecified atom stereocenters. The summed E-state index contributed by atoms with van der Waals surface area (Å²) in [7, 11) is 0. The molecule has 0 N–H and O–H groups in total. The Balaban J connectivity index is 3.01. The number of halogens is 2. The molecule has 62 valence electrons. The molecule has 1 nitrogen and oxygen atoms in total. The lowest BCUT2D eigenvalue weighted by Gasteiger charge is -1.97. The molecule has 0 aliphatic rings. The summed E-state index contributed by atoms with van der Waals surface area (Å²) in [6.07, 6.45) is 3.89. The van der Waals surface area contributed by atoms with Gasteiger partial charge >= 0.3 is 0 Å². The normalized spacial score (nSPS) is 10.5. The van der Waals surface area contributed by atoms with E-state index in [4.69, 9.17) is 11.6 Å². The van der Waals surface area contributed by atoms with Gasteiger partial charge in [0.15, 0.2) is 0 Å². The molecule has 1 aromatic rings. The first kappa shape index (κ1) is 9.49. The summed E-state index contributed by atoms with van der Waals surface area (Å²) in [5, 5.41) is 0.671. The average Bonchev–Trinajstić information content (AvgIpc) is 2.03. The highest BCUT2D eigenvalue weighted by Gasteiger charge is 1.95. The van der Waals surface area contributed by atoms with Crippen LogP contribution in [0.2, 0.25) is 5.02 Å². The first-order valence-electron chi connectivity index (χ1n) is 3.31. The van der Waals surface area contributed by atoms with Crippen molar-refractivity contribution in [1.29, 1.82) is 0 Å². The minimum atomic E-state index is 0.671. The third-order valence-corrected chi connectivity index (χ3v) is 2.24. The van der Waals surface area contributed by atoms with Crippen LogP contribution in [-0.4, -0.2) is 6.29 Å². The first-order valence-corrected chi connectivity index (χ1v) is 4.48. The molecule has 0 radical (unpaired) electrons. The zero-order valence-corrected chi connectivity index (χ0v) is 8.47. The number of rotatable bonds is 2. The third kappa shape index (κ3) is 2.47. The Kier molecular flexibility index (Phi) is 3.50. The van der Waals surface area contributed by atoms with Crippen molar-refractivity contribution in [1.82, 2.24) is 0 Å². The van der Waals surface area contributed by atoms with Crippen LogP contribution in [0.4, 0.5) is 0 Å². The molecule has 0 amide bonds. The molecular formula is C9H6BrClO. The van der Waals surface area contributed by atoms with Gasteiger partial charge in [-0.25, -0.2) is 0 Å². The molecule has 1 rings (SSSR count). The topological polar surface area (TPSA) is 17.1 Å². The van der Waals surface area contributed by atoms with Gasteiger partial charge in [0.25, 0.3) is 0 Å². The summed E-state index contributed by atoms with van der Waals surface area (Å²) in [6.45, 7) is 0. The minimum absolute atomic E-state index is 0.671. The third-order valence-electron chi connectivity index (χ3n) is 1.32. The first-order chi connectivity index (χ1) is 5.74. The van der Waals surface area contributed by atoms with Crippen LogP contribution >= 0.6 is 27.5 Å². The summed E-state index contributed by atoms with van der Waals surface area (Å²) in [6, 6.07) is 5.40. The van der Waals surface area contributed by atoms with Crippen LogP contribution in [0, 0.1) is 0 Å². The number of carbonyl (C=O) groups is 1. The molecule has 3 heteroatoms. The fourth-order valence-corrected chi connectivity index (χ4v) is 1.59. The van der Waals surface area contributed by atoms with Gasteiger partial charge in [0, 0.05) is 9.50 Å². The Morgan fingerprint density at radius 2 is 2.17 bits per heavy atom. The summed E-state index contributed by atoms with van der Waals surface area (Å²) in [4.78, 5) is 10.0. The molecule has 0 saturated carbocycles. The van der Waals surface area contributed by atoms with Crippen molar-refractivity contribution in [3.05, 3.63) is 39.3 Å². The standard InChI is InChI=1S/C9H6BrClO/c10-9-6-8(11)4-3-7(9)2-1-5-12/h1-6H/b2-1+. The van der Waals surface area contributed by atoms with E-state index in [0.717, 1.165) is 16.3 Å². The van der Waals surface area contributed by atoms with E-state index in [0.29, 0.717) is 5.02 Å². The smallest absolute Gasteiger partial charge is 0.142 e. The van der Waals surface area contributed by atoms with Crippen LogP contribution in [0.3, 0.4) is 0 Å². The fourth-order valence-electron chi connectivity index (χ4n) is 0.780. The average molecular weight is 246 g/mol. The number of hydrogen-bond acceptors (Lipinski definition) is 1. The van der Waals surface area contributed by atoms with E-state index in [9.17, 15) is 4.79 Å². The van der Waals surface area contributed by atoms with Crippen molar-refractivity contribution in [3.8, 4) is 0 Å². The second kappa shape index (κ2) is 4.43. The molecule has 0 bridgehead atoms. The Hall–Kier alpha value is -0.600. The monoisotopic (exact) mass is 244 g/mol. The zero-order chi connectivity index (χ0) is 8.97. The van der Waals surface area contributed by atoms with Crippen LogP contribution in [0.25, 0.3) is 6.08 Å². The van der Waals surface area contributed by atoms with Crippen molar-refractivity contribution >= 4 is 39.9 Å². The van der Waals surface area contributed by atoms with Crippen molar-refractivity contribution < 1.29 is 4.79 Å². The van der Waals surface area contributed by atoms with Crippen LogP contribution in [0.5, 0.6) is 0 Å². The van der Waals surface area contributed by atoms with Crippen LogP contribution in [-0.2, 0) is 4.79 Å². The highest BCUT2D eigenvalue weighted by atomic mass is 79.9. The fraction of sp³-hybridized carbons (Fsp3) is 0. The maximum atomic E-state index is 10.0. The highest BCUT2D eigenvalue weighted by Crippen LogP contribution is 2.22. The van der Waals surface area contributed by atoms with E-state index in [2.05, 4.69) is 15.9 Å². The van der Waals surface area contributed by atoms with E-state index in [-0.39, 0.29) is 0 Å². The molecule has 0 aliphatic carbocycles. The second-order valence-electron chi connectivity index (χ2n) is 2.16.